The average molecular weight is 177 g/mol. The molecule has 0 aliphatic heterocycles. The van der Waals surface area contributed by atoms with Crippen molar-refractivity contribution >= 4 is 0 Å². The Morgan fingerprint density at radius 2 is 2.15 bits per heavy atom. The quantitative estimate of drug-likeness (QED) is 0.676. The van der Waals surface area contributed by atoms with Gasteiger partial charge in [0.05, 0.1) is 6.10 Å². The van der Waals surface area contributed by atoms with Gasteiger partial charge in [0.15, 0.2) is 0 Å². The van der Waals surface area contributed by atoms with Crippen LogP contribution in [-0.2, 0) is 6.42 Å². The van der Waals surface area contributed by atoms with Crippen molar-refractivity contribution in [2.75, 3.05) is 7.05 Å². The number of aryl methyl sites for hydroxylation is 1. The molecule has 1 aromatic carbocycles. The van der Waals surface area contributed by atoms with Crippen molar-refractivity contribution < 1.29 is 5.11 Å². The SMILES string of the molecule is CNC1CCc2ccccc2C1O. The van der Waals surface area contributed by atoms with Gasteiger partial charge in [-0.1, -0.05) is 24.3 Å². The Kier molecular flexibility index (Phi) is 2.34. The number of benzene rings is 1. The standard InChI is InChI=1S/C11H15NO/c1-12-10-7-6-8-4-2-3-5-9(8)11(10)13/h2-5,10-13H,6-7H2,1H3. The van der Waals surface area contributed by atoms with E-state index >= 15 is 0 Å². The second kappa shape index (κ2) is 3.48. The molecule has 70 valence electrons. The zero-order chi connectivity index (χ0) is 9.26. The third-order valence-electron chi connectivity index (χ3n) is 2.85. The molecule has 0 aromatic heterocycles. The Balaban J connectivity index is 2.33. The molecule has 2 N–H and O–H groups in total. The fourth-order valence-electron chi connectivity index (χ4n) is 2.04. The van der Waals surface area contributed by atoms with Gasteiger partial charge < -0.3 is 10.4 Å². The highest BCUT2D eigenvalue weighted by Crippen LogP contribution is 2.29. The first-order chi connectivity index (χ1) is 6.33. The molecule has 0 fully saturated rings. The van der Waals surface area contributed by atoms with Crippen LogP contribution < -0.4 is 5.32 Å². The van der Waals surface area contributed by atoms with Gasteiger partial charge in [0.25, 0.3) is 0 Å². The Morgan fingerprint density at radius 3 is 2.92 bits per heavy atom. The number of nitrogens with one attached hydrogen (secondary N) is 1. The molecule has 2 rings (SSSR count). The monoisotopic (exact) mass is 177 g/mol. The van der Waals surface area contributed by atoms with E-state index in [9.17, 15) is 5.11 Å². The second-order valence-electron chi connectivity index (χ2n) is 3.58. The highest BCUT2D eigenvalue weighted by atomic mass is 16.3. The van der Waals surface area contributed by atoms with Gasteiger partial charge in [-0.15, -0.1) is 0 Å². The van der Waals surface area contributed by atoms with Crippen molar-refractivity contribution in [1.29, 1.82) is 0 Å². The number of aliphatic hydroxyl groups is 1. The molecule has 13 heavy (non-hydrogen) atoms. The third kappa shape index (κ3) is 1.47. The van der Waals surface area contributed by atoms with Crippen LogP contribution in [0.25, 0.3) is 0 Å². The van der Waals surface area contributed by atoms with E-state index in [1.165, 1.54) is 5.56 Å². The third-order valence-corrected chi connectivity index (χ3v) is 2.85. The first kappa shape index (κ1) is 8.73. The normalized spacial score (nSPS) is 26.9. The van der Waals surface area contributed by atoms with Gasteiger partial charge in [-0.2, -0.15) is 0 Å². The molecule has 1 aromatic rings. The maximum absolute atomic E-state index is 9.96. The number of rotatable bonds is 1. The van der Waals surface area contributed by atoms with Gasteiger partial charge in [-0.3, -0.25) is 0 Å². The van der Waals surface area contributed by atoms with Crippen LogP contribution in [0.15, 0.2) is 24.3 Å². The number of hydrogen-bond donors (Lipinski definition) is 2. The van der Waals surface area contributed by atoms with Crippen LogP contribution in [0.2, 0.25) is 0 Å². The van der Waals surface area contributed by atoms with Gasteiger partial charge in [0, 0.05) is 6.04 Å². The second-order valence-corrected chi connectivity index (χ2v) is 3.58. The average Bonchev–Trinajstić information content (AvgIpc) is 2.19. The fourth-order valence-corrected chi connectivity index (χ4v) is 2.04. The Labute approximate surface area is 78.6 Å². The molecule has 0 radical (unpaired) electrons. The van der Waals surface area contributed by atoms with Crippen LogP contribution in [0.5, 0.6) is 0 Å². The zero-order valence-corrected chi connectivity index (χ0v) is 7.83. The van der Waals surface area contributed by atoms with Crippen LogP contribution in [0.3, 0.4) is 0 Å². The molecule has 0 saturated heterocycles. The van der Waals surface area contributed by atoms with E-state index in [1.54, 1.807) is 0 Å². The first-order valence-corrected chi connectivity index (χ1v) is 4.76. The lowest BCUT2D eigenvalue weighted by Gasteiger charge is -2.29. The predicted octanol–water partition coefficient (Wildman–Crippen LogP) is 1.25. The summed E-state index contributed by atoms with van der Waals surface area (Å²) < 4.78 is 0. The van der Waals surface area contributed by atoms with E-state index in [0.29, 0.717) is 0 Å². The molecule has 2 heteroatoms. The van der Waals surface area contributed by atoms with Crippen LogP contribution in [0.4, 0.5) is 0 Å². The lowest BCUT2D eigenvalue weighted by molar-refractivity contribution is 0.119. The number of likely N-dealkylation sites (N-methyl/N-ethyl adjacent to an activating group) is 1. The zero-order valence-electron chi connectivity index (χ0n) is 7.83. The molecule has 0 bridgehead atoms. The summed E-state index contributed by atoms with van der Waals surface area (Å²) in [6, 6.07) is 8.36. The Bertz CT molecular complexity index is 298. The summed E-state index contributed by atoms with van der Waals surface area (Å²) in [7, 11) is 1.90. The number of fused-ring (bicyclic) bond motifs is 1. The molecule has 0 spiro atoms. The molecule has 1 aliphatic carbocycles. The minimum absolute atomic E-state index is 0.217. The van der Waals surface area contributed by atoms with Crippen LogP contribution in [0.1, 0.15) is 23.7 Å². The number of aliphatic hydroxyl groups excluding tert-OH is 1. The Morgan fingerprint density at radius 1 is 1.38 bits per heavy atom. The van der Waals surface area contributed by atoms with Crippen LogP contribution >= 0.6 is 0 Å². The number of hydrogen-bond acceptors (Lipinski definition) is 2. The van der Waals surface area contributed by atoms with E-state index in [4.69, 9.17) is 0 Å². The molecule has 1 aliphatic rings. The van der Waals surface area contributed by atoms with Gasteiger partial charge in [-0.05, 0) is 31.0 Å². The smallest absolute Gasteiger partial charge is 0.0945 e. The van der Waals surface area contributed by atoms with E-state index in [-0.39, 0.29) is 12.1 Å². The maximum atomic E-state index is 9.96. The molecule has 2 unspecified atom stereocenters. The molecule has 0 amide bonds. The minimum Gasteiger partial charge on any atom is -0.387 e. The molecule has 0 heterocycles. The van der Waals surface area contributed by atoms with Gasteiger partial charge in [0.2, 0.25) is 0 Å². The highest BCUT2D eigenvalue weighted by Gasteiger charge is 2.25. The summed E-state index contributed by atoms with van der Waals surface area (Å²) in [5.74, 6) is 0. The van der Waals surface area contributed by atoms with E-state index in [0.717, 1.165) is 18.4 Å². The van der Waals surface area contributed by atoms with Crippen molar-refractivity contribution in [3.63, 3.8) is 0 Å². The van der Waals surface area contributed by atoms with Crippen LogP contribution in [0, 0.1) is 0 Å². The van der Waals surface area contributed by atoms with Crippen molar-refractivity contribution in [2.45, 2.75) is 25.0 Å². The van der Waals surface area contributed by atoms with E-state index < -0.39 is 0 Å². The van der Waals surface area contributed by atoms with Crippen molar-refractivity contribution in [2.24, 2.45) is 0 Å². The maximum Gasteiger partial charge on any atom is 0.0945 e. The summed E-state index contributed by atoms with van der Waals surface area (Å²) >= 11 is 0. The van der Waals surface area contributed by atoms with Crippen LogP contribution in [-0.4, -0.2) is 18.2 Å². The van der Waals surface area contributed by atoms with Gasteiger partial charge in [0.1, 0.15) is 0 Å². The summed E-state index contributed by atoms with van der Waals surface area (Å²) in [6.45, 7) is 0. The lowest BCUT2D eigenvalue weighted by Crippen LogP contribution is -2.35. The largest absolute Gasteiger partial charge is 0.387 e. The van der Waals surface area contributed by atoms with Gasteiger partial charge >= 0.3 is 0 Å². The van der Waals surface area contributed by atoms with Crippen molar-refractivity contribution in [3.05, 3.63) is 35.4 Å². The topological polar surface area (TPSA) is 32.3 Å². The fraction of sp³-hybridized carbons (Fsp3) is 0.455. The summed E-state index contributed by atoms with van der Waals surface area (Å²) in [5.41, 5.74) is 2.38. The highest BCUT2D eigenvalue weighted by molar-refractivity contribution is 5.32. The van der Waals surface area contributed by atoms with Gasteiger partial charge in [-0.25, -0.2) is 0 Å². The lowest BCUT2D eigenvalue weighted by atomic mass is 9.86. The van der Waals surface area contributed by atoms with E-state index in [1.807, 2.05) is 25.2 Å². The predicted molar refractivity (Wildman–Crippen MR) is 52.6 cm³/mol. The van der Waals surface area contributed by atoms with Crippen molar-refractivity contribution in [1.82, 2.24) is 5.32 Å². The first-order valence-electron chi connectivity index (χ1n) is 4.76. The molecule has 2 atom stereocenters. The summed E-state index contributed by atoms with van der Waals surface area (Å²) in [5, 5.41) is 13.1. The molecular formula is C11H15NO. The minimum atomic E-state index is -0.338. The molecule has 2 nitrogen and oxygen atoms in total. The van der Waals surface area contributed by atoms with E-state index in [2.05, 4.69) is 11.4 Å². The summed E-state index contributed by atoms with van der Waals surface area (Å²) in [6.07, 6.45) is 1.75. The Hall–Kier alpha value is -0.860. The van der Waals surface area contributed by atoms with Crippen molar-refractivity contribution in [3.8, 4) is 0 Å². The molecule has 0 saturated carbocycles. The molecular weight excluding hydrogens is 162 g/mol. The summed E-state index contributed by atoms with van der Waals surface area (Å²) in [4.78, 5) is 0.